The fraction of sp³-hybridized carbons (Fsp3) is 0.182. The Morgan fingerprint density at radius 3 is 1.55 bits per heavy atom. The van der Waals surface area contributed by atoms with Gasteiger partial charge in [0.25, 0.3) is 0 Å². The molecule has 0 heterocycles. The molecule has 114 valence electrons. The smallest absolute Gasteiger partial charge is 0.0622 e. The summed E-state index contributed by atoms with van der Waals surface area (Å²) in [5.41, 5.74) is 3.02. The Hall–Kier alpha value is -2.34. The fourth-order valence-electron chi connectivity index (χ4n) is 1.56. The van der Waals surface area contributed by atoms with E-state index in [4.69, 9.17) is 6.85 Å². The molecular formula is C22H26. The standard InChI is InChI=1S/C8H10.2C7H8/c1-2-8-6-4-3-5-7-8;2*1-7-5-3-2-4-6-7/h3-7H,2H2,1H3;2*2-6H,1H3/i;2D,3D,4D,5D,6D;. The van der Waals surface area contributed by atoms with Gasteiger partial charge in [0.2, 0.25) is 0 Å². The van der Waals surface area contributed by atoms with Crippen LogP contribution in [-0.2, 0) is 6.42 Å². The van der Waals surface area contributed by atoms with Crippen molar-refractivity contribution < 1.29 is 6.85 Å². The molecule has 0 unspecified atom stereocenters. The number of benzene rings is 3. The normalized spacial score (nSPS) is 12.0. The molecule has 0 aliphatic rings. The third-order valence-electron chi connectivity index (χ3n) is 2.82. The summed E-state index contributed by atoms with van der Waals surface area (Å²) in [7, 11) is 0. The summed E-state index contributed by atoms with van der Waals surface area (Å²) in [6, 6.07) is 19.6. The molecule has 22 heavy (non-hydrogen) atoms. The molecule has 0 saturated carbocycles. The first-order chi connectivity index (χ1) is 12.8. The molecule has 0 spiro atoms. The Balaban J connectivity index is 0.000000212. The topological polar surface area (TPSA) is 0 Å². The highest BCUT2D eigenvalue weighted by atomic mass is 13.9. The zero-order valence-corrected chi connectivity index (χ0v) is 13.5. The molecule has 0 nitrogen and oxygen atoms in total. The maximum Gasteiger partial charge on any atom is 0.0625 e. The van der Waals surface area contributed by atoms with E-state index in [1.54, 1.807) is 0 Å². The third-order valence-corrected chi connectivity index (χ3v) is 2.82. The summed E-state index contributed by atoms with van der Waals surface area (Å²) >= 11 is 0. The van der Waals surface area contributed by atoms with Crippen LogP contribution >= 0.6 is 0 Å². The average molecular weight is 295 g/mol. The molecule has 0 aromatic heterocycles. The number of rotatable bonds is 1. The van der Waals surface area contributed by atoms with Gasteiger partial charge in [0.05, 0.1) is 6.85 Å². The molecule has 0 amide bonds. The zero-order chi connectivity index (χ0) is 20.4. The van der Waals surface area contributed by atoms with Crippen molar-refractivity contribution in [3.8, 4) is 0 Å². The van der Waals surface area contributed by atoms with Gasteiger partial charge in [0.15, 0.2) is 0 Å². The Kier molecular flexibility index (Phi) is 5.80. The average Bonchev–Trinajstić information content (AvgIpc) is 2.71. The first-order valence-corrected chi connectivity index (χ1v) is 7.38. The summed E-state index contributed by atoms with van der Waals surface area (Å²) in [5.74, 6) is 0. The van der Waals surface area contributed by atoms with Gasteiger partial charge in [-0.05, 0) is 25.8 Å². The van der Waals surface area contributed by atoms with Crippen molar-refractivity contribution in [3.63, 3.8) is 0 Å². The third kappa shape index (κ3) is 8.76. The molecule has 0 heteroatoms. The van der Waals surface area contributed by atoms with Crippen LogP contribution < -0.4 is 0 Å². The van der Waals surface area contributed by atoms with Crippen molar-refractivity contribution in [3.05, 3.63) is 108 Å². The summed E-state index contributed by atoms with van der Waals surface area (Å²) in [6.45, 7) is 5.76. The van der Waals surface area contributed by atoms with Crippen LogP contribution in [0.3, 0.4) is 0 Å². The Labute approximate surface area is 142 Å². The Bertz CT molecular complexity index is 725. The predicted octanol–water partition coefficient (Wildman–Crippen LogP) is 6.24. The van der Waals surface area contributed by atoms with Gasteiger partial charge in [0.1, 0.15) is 0 Å². The van der Waals surface area contributed by atoms with Crippen molar-refractivity contribution in [2.24, 2.45) is 0 Å². The second-order valence-electron chi connectivity index (χ2n) is 4.74. The van der Waals surface area contributed by atoms with Crippen LogP contribution in [0.25, 0.3) is 0 Å². The van der Waals surface area contributed by atoms with Gasteiger partial charge >= 0.3 is 0 Å². The van der Waals surface area contributed by atoms with Crippen LogP contribution in [-0.4, -0.2) is 0 Å². The van der Waals surface area contributed by atoms with Crippen molar-refractivity contribution in [2.75, 3.05) is 0 Å². The minimum Gasteiger partial charge on any atom is -0.0622 e. The lowest BCUT2D eigenvalue weighted by atomic mass is 10.2. The highest BCUT2D eigenvalue weighted by molar-refractivity contribution is 5.14. The van der Waals surface area contributed by atoms with Gasteiger partial charge in [-0.25, -0.2) is 0 Å². The van der Waals surface area contributed by atoms with Gasteiger partial charge in [-0.1, -0.05) is 109 Å². The van der Waals surface area contributed by atoms with Crippen molar-refractivity contribution in [1.82, 2.24) is 0 Å². The Morgan fingerprint density at radius 1 is 0.682 bits per heavy atom. The molecular weight excluding hydrogens is 264 g/mol. The van der Waals surface area contributed by atoms with Gasteiger partial charge in [0, 0.05) is 0 Å². The second-order valence-corrected chi connectivity index (χ2v) is 4.74. The lowest BCUT2D eigenvalue weighted by molar-refractivity contribution is 1.14. The van der Waals surface area contributed by atoms with Crippen LogP contribution in [0.2, 0.25) is 0 Å². The maximum absolute atomic E-state index is 7.31. The largest absolute Gasteiger partial charge is 0.0625 e. The quantitative estimate of drug-likeness (QED) is 0.498. The molecule has 0 aliphatic heterocycles. The van der Waals surface area contributed by atoms with Crippen molar-refractivity contribution >= 4 is 0 Å². The first-order valence-electron chi connectivity index (χ1n) is 9.88. The molecule has 0 radical (unpaired) electrons. The van der Waals surface area contributed by atoms with Crippen LogP contribution in [0, 0.1) is 13.8 Å². The maximum atomic E-state index is 7.31. The summed E-state index contributed by atoms with van der Waals surface area (Å²) in [5, 5.41) is 0. The highest BCUT2D eigenvalue weighted by Crippen LogP contribution is 1.97. The zero-order valence-electron chi connectivity index (χ0n) is 18.5. The van der Waals surface area contributed by atoms with Crippen molar-refractivity contribution in [2.45, 2.75) is 27.2 Å². The summed E-state index contributed by atoms with van der Waals surface area (Å²) in [4.78, 5) is 0. The first kappa shape index (κ1) is 11.3. The lowest BCUT2D eigenvalue weighted by Gasteiger charge is -1.89. The van der Waals surface area contributed by atoms with Crippen LogP contribution in [0.1, 0.15) is 30.5 Å². The van der Waals surface area contributed by atoms with Gasteiger partial charge in [-0.15, -0.1) is 0 Å². The molecule has 0 saturated heterocycles. The predicted molar refractivity (Wildman–Crippen MR) is 98.2 cm³/mol. The second kappa shape index (κ2) is 11.3. The minimum absolute atomic E-state index is 0.124. The molecule has 3 rings (SSSR count). The molecule has 3 aromatic rings. The molecule has 0 bridgehead atoms. The van der Waals surface area contributed by atoms with E-state index >= 15 is 0 Å². The Morgan fingerprint density at radius 2 is 1.18 bits per heavy atom. The van der Waals surface area contributed by atoms with Gasteiger partial charge in [-0.3, -0.25) is 0 Å². The molecule has 3 aromatic carbocycles. The fourth-order valence-corrected chi connectivity index (χ4v) is 1.56. The van der Waals surface area contributed by atoms with E-state index in [0.717, 1.165) is 6.42 Å². The van der Waals surface area contributed by atoms with Crippen LogP contribution in [0.5, 0.6) is 0 Å². The molecule has 0 N–H and O–H groups in total. The van der Waals surface area contributed by atoms with Crippen molar-refractivity contribution in [1.29, 1.82) is 0 Å². The minimum atomic E-state index is -0.337. The number of hydrogen-bond donors (Lipinski definition) is 0. The highest BCUT2D eigenvalue weighted by Gasteiger charge is 1.80. The molecule has 0 fully saturated rings. The lowest BCUT2D eigenvalue weighted by Crippen LogP contribution is -1.73. The van der Waals surface area contributed by atoms with E-state index in [2.05, 4.69) is 50.2 Å². The van der Waals surface area contributed by atoms with E-state index in [1.807, 2.05) is 24.3 Å². The summed E-state index contributed by atoms with van der Waals surface area (Å²) < 4.78 is 36.3. The molecule has 0 aliphatic carbocycles. The van der Waals surface area contributed by atoms with E-state index in [0.29, 0.717) is 5.56 Å². The van der Waals surface area contributed by atoms with E-state index in [9.17, 15) is 0 Å². The monoisotopic (exact) mass is 295 g/mol. The van der Waals surface area contributed by atoms with E-state index in [1.165, 1.54) is 18.1 Å². The number of aryl methyl sites for hydroxylation is 2. The van der Waals surface area contributed by atoms with E-state index in [-0.39, 0.29) is 30.2 Å². The SMILES string of the molecule is CCc1ccccc1.Cc1ccccc1.[2H]c1c([2H])c([2H])c(C)c([2H])c1[2H]. The van der Waals surface area contributed by atoms with Gasteiger partial charge in [-0.2, -0.15) is 0 Å². The van der Waals surface area contributed by atoms with Crippen LogP contribution in [0.4, 0.5) is 0 Å². The van der Waals surface area contributed by atoms with Crippen LogP contribution in [0.15, 0.2) is 90.9 Å². The number of hydrogen-bond acceptors (Lipinski definition) is 0. The molecule has 0 atom stereocenters. The van der Waals surface area contributed by atoms with Gasteiger partial charge < -0.3 is 0 Å². The summed E-state index contributed by atoms with van der Waals surface area (Å²) in [6.07, 6.45) is 1.14. The van der Waals surface area contributed by atoms with E-state index < -0.39 is 0 Å².